The van der Waals surface area contributed by atoms with E-state index in [1.165, 1.54) is 76.0 Å². The molecule has 4 aromatic heterocycles. The van der Waals surface area contributed by atoms with Gasteiger partial charge in [-0.05, 0) is 58.3 Å². The maximum Gasteiger partial charge on any atom is 0.235 e. The van der Waals surface area contributed by atoms with Crippen LogP contribution >= 0.6 is 11.3 Å². The number of benzene rings is 8. The molecule has 1 aliphatic heterocycles. The average molecular weight is 717 g/mol. The molecule has 0 fully saturated rings. The second kappa shape index (κ2) is 10.8. The van der Waals surface area contributed by atoms with Crippen molar-refractivity contribution >= 4 is 86.0 Å². The molecule has 0 aliphatic carbocycles. The number of hydrogen-bond acceptors (Lipinski definition) is 3. The molecule has 0 saturated carbocycles. The Morgan fingerprint density at radius 1 is 0.418 bits per heavy atom. The molecule has 55 heavy (non-hydrogen) atoms. The van der Waals surface area contributed by atoms with E-state index in [0.29, 0.717) is 5.95 Å². The predicted molar refractivity (Wildman–Crippen MR) is 231 cm³/mol. The first kappa shape index (κ1) is 29.4. The van der Waals surface area contributed by atoms with Crippen LogP contribution in [0.5, 0.6) is 0 Å². The van der Waals surface area contributed by atoms with E-state index in [9.17, 15) is 0 Å². The summed E-state index contributed by atoms with van der Waals surface area (Å²) in [5.41, 5.74) is 13.8. The zero-order valence-corrected chi connectivity index (χ0v) is 30.2. The normalized spacial score (nSPS) is 12.4. The molecule has 0 bridgehead atoms. The summed E-state index contributed by atoms with van der Waals surface area (Å²) in [4.78, 5) is 11.0. The van der Waals surface area contributed by atoms with E-state index >= 15 is 0 Å². The van der Waals surface area contributed by atoms with Crippen LogP contribution in [0.25, 0.3) is 120 Å². The molecule has 5 heteroatoms. The third kappa shape index (κ3) is 3.94. The lowest BCUT2D eigenvalue weighted by Crippen LogP contribution is -2.02. The molecule has 0 spiro atoms. The molecular formula is C50H28N4S. The maximum absolute atomic E-state index is 5.53. The van der Waals surface area contributed by atoms with Gasteiger partial charge < -0.3 is 4.57 Å². The number of fused-ring (bicyclic) bond motifs is 15. The zero-order valence-electron chi connectivity index (χ0n) is 29.4. The summed E-state index contributed by atoms with van der Waals surface area (Å²) in [5.74, 6) is 0.676. The highest BCUT2D eigenvalue weighted by Gasteiger charge is 2.26. The highest BCUT2D eigenvalue weighted by Crippen LogP contribution is 2.48. The van der Waals surface area contributed by atoms with Gasteiger partial charge in [0.25, 0.3) is 0 Å². The number of aromatic nitrogens is 4. The van der Waals surface area contributed by atoms with Crippen molar-refractivity contribution in [3.63, 3.8) is 0 Å². The summed E-state index contributed by atoms with van der Waals surface area (Å²) in [6.45, 7) is 0. The first-order chi connectivity index (χ1) is 27.3. The number of thiophene rings is 1. The quantitative estimate of drug-likeness (QED) is 0.179. The molecule has 12 aromatic rings. The van der Waals surface area contributed by atoms with Gasteiger partial charge in [-0.3, -0.25) is 4.57 Å². The van der Waals surface area contributed by atoms with Gasteiger partial charge in [-0.1, -0.05) is 133 Å². The zero-order chi connectivity index (χ0) is 35.8. The number of rotatable bonds is 2. The smallest absolute Gasteiger partial charge is 0.235 e. The molecular weight excluding hydrogens is 689 g/mol. The standard InChI is InChI=1S/C50H28N4S/c1-2-13-30-26-31(25-24-29(30)12-1)46-49-47(38-18-7-10-23-45(38)55-49)52-50(51-46)54-42-22-9-6-17-35(42)39-27-43-40(28-44(39)54)37-20-11-19-36-33-15-4-3-14-32(33)34-16-5-8-21-41(34)53(43)48(36)37/h1-28H. The fourth-order valence-electron chi connectivity index (χ4n) is 9.27. The van der Waals surface area contributed by atoms with E-state index in [0.717, 1.165) is 37.9 Å². The van der Waals surface area contributed by atoms with Crippen LogP contribution in [0.4, 0.5) is 0 Å². The van der Waals surface area contributed by atoms with E-state index in [4.69, 9.17) is 9.97 Å². The average Bonchev–Trinajstić information content (AvgIpc) is 3.87. The van der Waals surface area contributed by atoms with Gasteiger partial charge in [0.05, 0.1) is 43.7 Å². The highest BCUT2D eigenvalue weighted by molar-refractivity contribution is 7.26. The van der Waals surface area contributed by atoms with Crippen LogP contribution in [-0.4, -0.2) is 19.1 Å². The fourth-order valence-corrected chi connectivity index (χ4v) is 10.4. The summed E-state index contributed by atoms with van der Waals surface area (Å²) < 4.78 is 7.11. The molecule has 0 radical (unpaired) electrons. The Morgan fingerprint density at radius 3 is 1.96 bits per heavy atom. The van der Waals surface area contributed by atoms with Gasteiger partial charge in [0.1, 0.15) is 0 Å². The molecule has 8 aromatic carbocycles. The van der Waals surface area contributed by atoms with E-state index in [1.54, 1.807) is 11.3 Å². The van der Waals surface area contributed by atoms with Gasteiger partial charge in [0.15, 0.2) is 0 Å². The van der Waals surface area contributed by atoms with Crippen molar-refractivity contribution < 1.29 is 0 Å². The number of para-hydroxylation sites is 3. The molecule has 5 heterocycles. The first-order valence-electron chi connectivity index (χ1n) is 18.7. The summed E-state index contributed by atoms with van der Waals surface area (Å²) in [6.07, 6.45) is 0. The third-order valence-electron chi connectivity index (χ3n) is 11.7. The Kier molecular flexibility index (Phi) is 5.74. The molecule has 4 nitrogen and oxygen atoms in total. The summed E-state index contributed by atoms with van der Waals surface area (Å²) in [6, 6.07) is 61.8. The lowest BCUT2D eigenvalue weighted by atomic mass is 9.94. The number of nitrogens with zero attached hydrogens (tertiary/aromatic N) is 4. The molecule has 0 amide bonds. The monoisotopic (exact) mass is 716 g/mol. The van der Waals surface area contributed by atoms with Crippen LogP contribution in [0.3, 0.4) is 0 Å². The second-order valence-electron chi connectivity index (χ2n) is 14.5. The summed E-state index contributed by atoms with van der Waals surface area (Å²) in [5, 5.41) is 8.35. The molecule has 13 rings (SSSR count). The summed E-state index contributed by atoms with van der Waals surface area (Å²) >= 11 is 1.77. The first-order valence-corrected chi connectivity index (χ1v) is 19.5. The Hall–Kier alpha value is -7.08. The van der Waals surface area contributed by atoms with E-state index in [1.807, 2.05) is 0 Å². The van der Waals surface area contributed by atoms with E-state index in [-0.39, 0.29) is 0 Å². The van der Waals surface area contributed by atoms with Crippen LogP contribution < -0.4 is 0 Å². The third-order valence-corrected chi connectivity index (χ3v) is 12.8. The maximum atomic E-state index is 5.53. The molecule has 1 aliphatic rings. The summed E-state index contributed by atoms with van der Waals surface area (Å²) in [7, 11) is 0. The fraction of sp³-hybridized carbons (Fsp3) is 0. The largest absolute Gasteiger partial charge is 0.308 e. The Labute approximate surface area is 318 Å². The topological polar surface area (TPSA) is 35.6 Å². The van der Waals surface area contributed by atoms with Crippen molar-refractivity contribution in [2.24, 2.45) is 0 Å². The van der Waals surface area contributed by atoms with Crippen molar-refractivity contribution in [2.75, 3.05) is 0 Å². The van der Waals surface area contributed by atoms with Crippen LogP contribution in [-0.2, 0) is 0 Å². The van der Waals surface area contributed by atoms with Crippen LogP contribution in [0.2, 0.25) is 0 Å². The van der Waals surface area contributed by atoms with Crippen LogP contribution in [0, 0.1) is 0 Å². The van der Waals surface area contributed by atoms with Gasteiger partial charge >= 0.3 is 0 Å². The lowest BCUT2D eigenvalue weighted by Gasteiger charge is -2.12. The minimum atomic E-state index is 0.676. The van der Waals surface area contributed by atoms with Crippen molar-refractivity contribution in [1.29, 1.82) is 0 Å². The van der Waals surface area contributed by atoms with E-state index in [2.05, 4.69) is 179 Å². The molecule has 0 unspecified atom stereocenters. The minimum Gasteiger partial charge on any atom is -0.308 e. The van der Waals surface area contributed by atoms with Gasteiger partial charge in [0, 0.05) is 48.3 Å². The second-order valence-corrected chi connectivity index (χ2v) is 15.6. The van der Waals surface area contributed by atoms with Gasteiger partial charge in [-0.25, -0.2) is 9.97 Å². The number of hydrogen-bond donors (Lipinski definition) is 0. The SMILES string of the molecule is c1ccc2c(c1)-c1ccccc1-n1c3cc4c5ccccc5n(-c5nc(-c6ccc7ccccc7c6)c6sc7ccccc7c6n5)c4cc3c3cccc-2c31. The van der Waals surface area contributed by atoms with Crippen molar-refractivity contribution in [1.82, 2.24) is 19.1 Å². The van der Waals surface area contributed by atoms with E-state index < -0.39 is 0 Å². The Bertz CT molecular complexity index is 3620. The molecule has 0 N–H and O–H groups in total. The van der Waals surface area contributed by atoms with Crippen molar-refractivity contribution in [3.05, 3.63) is 170 Å². The molecule has 0 atom stereocenters. The Balaban J connectivity index is 1.17. The van der Waals surface area contributed by atoms with Crippen molar-refractivity contribution in [3.8, 4) is 45.1 Å². The minimum absolute atomic E-state index is 0.676. The van der Waals surface area contributed by atoms with Crippen molar-refractivity contribution in [2.45, 2.75) is 0 Å². The predicted octanol–water partition coefficient (Wildman–Crippen LogP) is 13.5. The molecule has 0 saturated heterocycles. The van der Waals surface area contributed by atoms with Gasteiger partial charge in [-0.15, -0.1) is 11.3 Å². The van der Waals surface area contributed by atoms with Gasteiger partial charge in [-0.2, -0.15) is 0 Å². The lowest BCUT2D eigenvalue weighted by molar-refractivity contribution is 1.02. The molecule has 254 valence electrons. The highest BCUT2D eigenvalue weighted by atomic mass is 32.1. The van der Waals surface area contributed by atoms with Gasteiger partial charge in [0.2, 0.25) is 5.95 Å². The van der Waals surface area contributed by atoms with Crippen LogP contribution in [0.1, 0.15) is 0 Å². The Morgan fingerprint density at radius 2 is 1.07 bits per heavy atom. The van der Waals surface area contributed by atoms with Crippen LogP contribution in [0.15, 0.2) is 170 Å².